The van der Waals surface area contributed by atoms with Crippen molar-refractivity contribution in [3.63, 3.8) is 0 Å². The fraction of sp³-hybridized carbons (Fsp3) is 0.500. The van der Waals surface area contributed by atoms with Gasteiger partial charge in [-0.3, -0.25) is 14.5 Å². The molecular formula is C16H23N3O2. The summed E-state index contributed by atoms with van der Waals surface area (Å²) in [6, 6.07) is 9.37. The first-order valence-electron chi connectivity index (χ1n) is 7.54. The number of carbonyl (C=O) groups excluding carboxylic acids is 2. The highest BCUT2D eigenvalue weighted by atomic mass is 16.2. The molecule has 5 nitrogen and oxygen atoms in total. The molecule has 0 aliphatic carbocycles. The van der Waals surface area contributed by atoms with E-state index in [4.69, 9.17) is 0 Å². The second-order valence-corrected chi connectivity index (χ2v) is 5.24. The maximum absolute atomic E-state index is 12.4. The SMILES string of the molecule is CCNC(=O)CN1CCCN(C(=O)c2ccccc2)CC1. The zero-order valence-corrected chi connectivity index (χ0v) is 12.5. The first kappa shape index (κ1) is 15.5. The predicted molar refractivity (Wildman–Crippen MR) is 82.1 cm³/mol. The molecule has 0 atom stereocenters. The normalized spacial score (nSPS) is 16.3. The largest absolute Gasteiger partial charge is 0.355 e. The van der Waals surface area contributed by atoms with Crippen molar-refractivity contribution in [1.29, 1.82) is 0 Å². The third-order valence-corrected chi connectivity index (χ3v) is 3.64. The summed E-state index contributed by atoms with van der Waals surface area (Å²) < 4.78 is 0. The summed E-state index contributed by atoms with van der Waals surface area (Å²) >= 11 is 0. The Balaban J connectivity index is 1.89. The number of nitrogens with zero attached hydrogens (tertiary/aromatic N) is 2. The van der Waals surface area contributed by atoms with Crippen molar-refractivity contribution in [3.05, 3.63) is 35.9 Å². The highest BCUT2D eigenvalue weighted by Gasteiger charge is 2.21. The molecule has 0 saturated carbocycles. The molecule has 114 valence electrons. The molecule has 2 amide bonds. The Hall–Kier alpha value is -1.88. The minimum atomic E-state index is 0.0559. The second-order valence-electron chi connectivity index (χ2n) is 5.24. The molecule has 0 spiro atoms. The van der Waals surface area contributed by atoms with Crippen LogP contribution in [0.15, 0.2) is 30.3 Å². The predicted octanol–water partition coefficient (Wildman–Crippen LogP) is 0.971. The highest BCUT2D eigenvalue weighted by molar-refractivity contribution is 5.94. The van der Waals surface area contributed by atoms with E-state index in [0.717, 1.165) is 31.6 Å². The third-order valence-electron chi connectivity index (χ3n) is 3.64. The van der Waals surface area contributed by atoms with Crippen molar-refractivity contribution in [2.24, 2.45) is 0 Å². The highest BCUT2D eigenvalue weighted by Crippen LogP contribution is 2.09. The number of rotatable bonds is 4. The fourth-order valence-corrected chi connectivity index (χ4v) is 2.55. The van der Waals surface area contributed by atoms with E-state index in [2.05, 4.69) is 10.2 Å². The molecule has 1 N–H and O–H groups in total. The number of benzene rings is 1. The lowest BCUT2D eigenvalue weighted by atomic mass is 10.2. The van der Waals surface area contributed by atoms with Gasteiger partial charge < -0.3 is 10.2 Å². The molecule has 1 fully saturated rings. The first-order chi connectivity index (χ1) is 10.2. The lowest BCUT2D eigenvalue weighted by molar-refractivity contribution is -0.122. The quantitative estimate of drug-likeness (QED) is 0.898. The summed E-state index contributed by atoms with van der Waals surface area (Å²) in [6.07, 6.45) is 0.901. The average molecular weight is 289 g/mol. The van der Waals surface area contributed by atoms with Crippen LogP contribution in [0.3, 0.4) is 0 Å². The topological polar surface area (TPSA) is 52.7 Å². The van der Waals surface area contributed by atoms with Gasteiger partial charge in [0, 0.05) is 38.3 Å². The van der Waals surface area contributed by atoms with E-state index < -0.39 is 0 Å². The van der Waals surface area contributed by atoms with E-state index >= 15 is 0 Å². The molecule has 21 heavy (non-hydrogen) atoms. The van der Waals surface area contributed by atoms with Gasteiger partial charge in [-0.25, -0.2) is 0 Å². The number of hydrogen-bond acceptors (Lipinski definition) is 3. The summed E-state index contributed by atoms with van der Waals surface area (Å²) in [4.78, 5) is 28.0. The Labute approximate surface area is 125 Å². The molecule has 1 aliphatic heterocycles. The van der Waals surface area contributed by atoms with Gasteiger partial charge in [-0.05, 0) is 25.5 Å². The lowest BCUT2D eigenvalue weighted by Crippen LogP contribution is -2.40. The zero-order chi connectivity index (χ0) is 15.1. The average Bonchev–Trinajstić information content (AvgIpc) is 2.73. The lowest BCUT2D eigenvalue weighted by Gasteiger charge is -2.21. The van der Waals surface area contributed by atoms with Crippen LogP contribution in [0.1, 0.15) is 23.7 Å². The van der Waals surface area contributed by atoms with Gasteiger partial charge in [-0.2, -0.15) is 0 Å². The van der Waals surface area contributed by atoms with Crippen molar-refractivity contribution < 1.29 is 9.59 Å². The van der Waals surface area contributed by atoms with Crippen LogP contribution in [-0.4, -0.2) is 60.9 Å². The summed E-state index contributed by atoms with van der Waals surface area (Å²) in [5.41, 5.74) is 0.731. The van der Waals surface area contributed by atoms with E-state index in [9.17, 15) is 9.59 Å². The van der Waals surface area contributed by atoms with Crippen molar-refractivity contribution in [1.82, 2.24) is 15.1 Å². The van der Waals surface area contributed by atoms with E-state index in [1.54, 1.807) is 0 Å². The van der Waals surface area contributed by atoms with Gasteiger partial charge in [0.1, 0.15) is 0 Å². The molecule has 0 aromatic heterocycles. The standard InChI is InChI=1S/C16H23N3O2/c1-2-17-15(20)13-18-9-6-10-19(12-11-18)16(21)14-7-4-3-5-8-14/h3-5,7-8H,2,6,9-13H2,1H3,(H,17,20). The molecule has 1 aromatic carbocycles. The number of hydrogen-bond donors (Lipinski definition) is 1. The van der Waals surface area contributed by atoms with Crippen LogP contribution in [0.25, 0.3) is 0 Å². The summed E-state index contributed by atoms with van der Waals surface area (Å²) in [7, 11) is 0. The van der Waals surface area contributed by atoms with Crippen LogP contribution in [0, 0.1) is 0 Å². The first-order valence-corrected chi connectivity index (χ1v) is 7.54. The molecular weight excluding hydrogens is 266 g/mol. The Morgan fingerprint density at radius 3 is 2.57 bits per heavy atom. The second kappa shape index (κ2) is 7.78. The minimum Gasteiger partial charge on any atom is -0.355 e. The van der Waals surface area contributed by atoms with Crippen molar-refractivity contribution in [2.45, 2.75) is 13.3 Å². The number of carbonyl (C=O) groups is 2. The molecule has 1 heterocycles. The molecule has 5 heteroatoms. The van der Waals surface area contributed by atoms with Gasteiger partial charge in [-0.1, -0.05) is 18.2 Å². The van der Waals surface area contributed by atoms with Gasteiger partial charge in [0.05, 0.1) is 6.54 Å². The molecule has 0 unspecified atom stereocenters. The smallest absolute Gasteiger partial charge is 0.253 e. The van der Waals surface area contributed by atoms with Gasteiger partial charge >= 0.3 is 0 Å². The molecule has 1 saturated heterocycles. The van der Waals surface area contributed by atoms with Crippen LogP contribution in [0.2, 0.25) is 0 Å². The number of likely N-dealkylation sites (N-methyl/N-ethyl adjacent to an activating group) is 1. The van der Waals surface area contributed by atoms with Gasteiger partial charge in [0.15, 0.2) is 0 Å². The number of nitrogens with one attached hydrogen (secondary N) is 1. The van der Waals surface area contributed by atoms with Gasteiger partial charge in [0.2, 0.25) is 5.91 Å². The summed E-state index contributed by atoms with van der Waals surface area (Å²) in [5.74, 6) is 0.135. The van der Waals surface area contributed by atoms with Gasteiger partial charge in [0.25, 0.3) is 5.91 Å². The summed E-state index contributed by atoms with van der Waals surface area (Å²) in [6.45, 7) is 6.02. The van der Waals surface area contributed by atoms with Gasteiger partial charge in [-0.15, -0.1) is 0 Å². The van der Waals surface area contributed by atoms with Crippen LogP contribution in [0.4, 0.5) is 0 Å². The van der Waals surface area contributed by atoms with E-state index in [-0.39, 0.29) is 11.8 Å². The maximum Gasteiger partial charge on any atom is 0.253 e. The van der Waals surface area contributed by atoms with Crippen molar-refractivity contribution in [3.8, 4) is 0 Å². The van der Waals surface area contributed by atoms with Crippen molar-refractivity contribution in [2.75, 3.05) is 39.3 Å². The van der Waals surface area contributed by atoms with Crippen molar-refractivity contribution >= 4 is 11.8 Å². The Morgan fingerprint density at radius 1 is 1.10 bits per heavy atom. The monoisotopic (exact) mass is 289 g/mol. The Morgan fingerprint density at radius 2 is 1.86 bits per heavy atom. The number of amides is 2. The molecule has 1 aliphatic rings. The van der Waals surface area contributed by atoms with Crippen LogP contribution in [0.5, 0.6) is 0 Å². The molecule has 0 radical (unpaired) electrons. The maximum atomic E-state index is 12.4. The van der Waals surface area contributed by atoms with E-state index in [1.165, 1.54) is 0 Å². The fourth-order valence-electron chi connectivity index (χ4n) is 2.55. The van der Waals surface area contributed by atoms with Crippen LogP contribution in [-0.2, 0) is 4.79 Å². The third kappa shape index (κ3) is 4.56. The van der Waals surface area contributed by atoms with Crippen LogP contribution < -0.4 is 5.32 Å². The van der Waals surface area contributed by atoms with E-state index in [1.807, 2.05) is 42.2 Å². The molecule has 0 bridgehead atoms. The molecule has 1 aromatic rings. The van der Waals surface area contributed by atoms with Crippen LogP contribution >= 0.6 is 0 Å². The molecule has 2 rings (SSSR count). The zero-order valence-electron chi connectivity index (χ0n) is 12.5. The van der Waals surface area contributed by atoms with E-state index in [0.29, 0.717) is 19.6 Å². The minimum absolute atomic E-state index is 0.0559. The Kier molecular flexibility index (Phi) is 5.75. The summed E-state index contributed by atoms with van der Waals surface area (Å²) in [5, 5.41) is 2.81. The Bertz CT molecular complexity index is 476.